The summed E-state index contributed by atoms with van der Waals surface area (Å²) in [6, 6.07) is 11.5. The van der Waals surface area contributed by atoms with Gasteiger partial charge in [0.1, 0.15) is 11.6 Å². The van der Waals surface area contributed by atoms with Gasteiger partial charge in [-0.05, 0) is 61.4 Å². The third kappa shape index (κ3) is 3.78. The van der Waals surface area contributed by atoms with Crippen LogP contribution in [-0.2, 0) is 10.0 Å². The topological polar surface area (TPSA) is 63.7 Å². The van der Waals surface area contributed by atoms with Crippen LogP contribution < -0.4 is 4.74 Å². The van der Waals surface area contributed by atoms with Crippen LogP contribution in [-0.4, -0.2) is 38.7 Å². The van der Waals surface area contributed by atoms with E-state index in [1.807, 2.05) is 0 Å². The molecule has 0 spiro atoms. The highest BCUT2D eigenvalue weighted by Gasteiger charge is 2.33. The molecule has 0 radical (unpaired) electrons. The number of methoxy groups -OCH3 is 1. The summed E-state index contributed by atoms with van der Waals surface area (Å²) in [5.41, 5.74) is 0.539. The highest BCUT2D eigenvalue weighted by atomic mass is 32.2. The number of benzene rings is 2. The van der Waals surface area contributed by atoms with Crippen LogP contribution in [0.1, 0.15) is 23.2 Å². The summed E-state index contributed by atoms with van der Waals surface area (Å²) in [5, 5.41) is 0. The highest BCUT2D eigenvalue weighted by Crippen LogP contribution is 2.26. The van der Waals surface area contributed by atoms with Crippen molar-refractivity contribution in [2.24, 2.45) is 5.92 Å². The number of Topliss-reactive ketones (excluding diaryl/α,β-unsaturated/α-hetero) is 1. The fourth-order valence-corrected chi connectivity index (χ4v) is 4.65. The normalized spacial score (nSPS) is 18.5. The van der Waals surface area contributed by atoms with Gasteiger partial charge in [-0.15, -0.1) is 0 Å². The molecule has 1 unspecified atom stereocenters. The van der Waals surface area contributed by atoms with Crippen molar-refractivity contribution < 1.29 is 22.3 Å². The molecule has 1 aliphatic rings. The third-order valence-electron chi connectivity index (χ3n) is 4.58. The van der Waals surface area contributed by atoms with E-state index in [1.165, 1.54) is 16.4 Å². The molecule has 1 heterocycles. The first-order chi connectivity index (χ1) is 12.4. The molecule has 1 fully saturated rings. The molecule has 0 aromatic heterocycles. The lowest BCUT2D eigenvalue weighted by Crippen LogP contribution is -2.42. The Morgan fingerprint density at radius 2 is 1.77 bits per heavy atom. The van der Waals surface area contributed by atoms with E-state index in [1.54, 1.807) is 31.4 Å². The van der Waals surface area contributed by atoms with E-state index < -0.39 is 21.8 Å². The summed E-state index contributed by atoms with van der Waals surface area (Å²) in [7, 11) is -2.19. The fourth-order valence-electron chi connectivity index (χ4n) is 3.12. The van der Waals surface area contributed by atoms with Crippen LogP contribution in [0, 0.1) is 11.7 Å². The lowest BCUT2D eigenvalue weighted by Gasteiger charge is -2.31. The van der Waals surface area contributed by atoms with Crippen molar-refractivity contribution in [1.82, 2.24) is 4.31 Å². The molecule has 1 saturated heterocycles. The average Bonchev–Trinajstić information content (AvgIpc) is 2.68. The Morgan fingerprint density at radius 3 is 2.38 bits per heavy atom. The first-order valence-corrected chi connectivity index (χ1v) is 9.80. The van der Waals surface area contributed by atoms with Crippen molar-refractivity contribution >= 4 is 15.8 Å². The summed E-state index contributed by atoms with van der Waals surface area (Å²) in [6.45, 7) is 0.483. The maximum Gasteiger partial charge on any atom is 0.243 e. The summed E-state index contributed by atoms with van der Waals surface area (Å²) in [5.74, 6) is -0.306. The monoisotopic (exact) mass is 377 g/mol. The van der Waals surface area contributed by atoms with Crippen molar-refractivity contribution in [1.29, 1.82) is 0 Å². The van der Waals surface area contributed by atoms with Gasteiger partial charge >= 0.3 is 0 Å². The van der Waals surface area contributed by atoms with E-state index in [-0.39, 0.29) is 17.2 Å². The third-order valence-corrected chi connectivity index (χ3v) is 6.46. The van der Waals surface area contributed by atoms with Crippen molar-refractivity contribution in [3.05, 3.63) is 59.9 Å². The van der Waals surface area contributed by atoms with Gasteiger partial charge in [0.15, 0.2) is 5.78 Å². The van der Waals surface area contributed by atoms with Gasteiger partial charge in [0.05, 0.1) is 12.0 Å². The summed E-state index contributed by atoms with van der Waals surface area (Å²) >= 11 is 0. The minimum Gasteiger partial charge on any atom is -0.497 e. The molecule has 5 nitrogen and oxygen atoms in total. The maximum absolute atomic E-state index is 13.1. The summed E-state index contributed by atoms with van der Waals surface area (Å²) < 4.78 is 45.0. The zero-order valence-corrected chi connectivity index (χ0v) is 15.2. The van der Waals surface area contributed by atoms with Crippen LogP contribution in [0.2, 0.25) is 0 Å². The SMILES string of the molecule is COc1ccc(C(=O)C2CCCN(S(=O)(=O)c3ccc(F)cc3)C2)cc1. The van der Waals surface area contributed by atoms with Crippen molar-refractivity contribution in [3.63, 3.8) is 0 Å². The van der Waals surface area contributed by atoms with E-state index in [0.29, 0.717) is 30.7 Å². The molecule has 2 aromatic rings. The highest BCUT2D eigenvalue weighted by molar-refractivity contribution is 7.89. The van der Waals surface area contributed by atoms with Gasteiger partial charge in [-0.3, -0.25) is 4.79 Å². The number of nitrogens with zero attached hydrogens (tertiary/aromatic N) is 1. The Kier molecular flexibility index (Phi) is 5.38. The number of carbonyl (C=O) groups is 1. The Hall–Kier alpha value is -2.25. The van der Waals surface area contributed by atoms with Crippen LogP contribution in [0.4, 0.5) is 4.39 Å². The van der Waals surface area contributed by atoms with Crippen LogP contribution in [0.25, 0.3) is 0 Å². The van der Waals surface area contributed by atoms with Gasteiger partial charge in [-0.1, -0.05) is 0 Å². The lowest BCUT2D eigenvalue weighted by molar-refractivity contribution is 0.0872. The minimum atomic E-state index is -3.74. The molecule has 26 heavy (non-hydrogen) atoms. The number of rotatable bonds is 5. The van der Waals surface area contributed by atoms with Gasteiger partial charge in [0, 0.05) is 24.6 Å². The Balaban J connectivity index is 1.77. The predicted octanol–water partition coefficient (Wildman–Crippen LogP) is 3.12. The van der Waals surface area contributed by atoms with Crippen molar-refractivity contribution in [3.8, 4) is 5.75 Å². The van der Waals surface area contributed by atoms with Crippen LogP contribution >= 0.6 is 0 Å². The number of piperidine rings is 1. The van der Waals surface area contributed by atoms with Gasteiger partial charge in [0.2, 0.25) is 10.0 Å². The van der Waals surface area contributed by atoms with E-state index in [2.05, 4.69) is 0 Å². The zero-order valence-electron chi connectivity index (χ0n) is 14.4. The van der Waals surface area contributed by atoms with Crippen molar-refractivity contribution in [2.75, 3.05) is 20.2 Å². The molecular formula is C19H20FNO4S. The quantitative estimate of drug-likeness (QED) is 0.751. The van der Waals surface area contributed by atoms with Crippen LogP contribution in [0.3, 0.4) is 0 Å². The molecule has 2 aromatic carbocycles. The average molecular weight is 377 g/mol. The van der Waals surface area contributed by atoms with Gasteiger partial charge < -0.3 is 4.74 Å². The number of halogens is 1. The second-order valence-electron chi connectivity index (χ2n) is 6.25. The fraction of sp³-hybridized carbons (Fsp3) is 0.316. The zero-order chi connectivity index (χ0) is 18.7. The molecule has 0 aliphatic carbocycles. The Morgan fingerprint density at radius 1 is 1.12 bits per heavy atom. The van der Waals surface area contributed by atoms with Gasteiger partial charge in [0.25, 0.3) is 0 Å². The lowest BCUT2D eigenvalue weighted by atomic mass is 9.91. The van der Waals surface area contributed by atoms with E-state index in [0.717, 1.165) is 12.1 Å². The Labute approximate surface area is 152 Å². The first-order valence-electron chi connectivity index (χ1n) is 8.36. The van der Waals surface area contributed by atoms with Gasteiger partial charge in [-0.25, -0.2) is 12.8 Å². The minimum absolute atomic E-state index is 0.0384. The van der Waals surface area contributed by atoms with E-state index >= 15 is 0 Å². The molecule has 1 aliphatic heterocycles. The molecule has 0 N–H and O–H groups in total. The molecule has 3 rings (SSSR count). The molecule has 1 atom stereocenters. The largest absolute Gasteiger partial charge is 0.497 e. The molecule has 0 amide bonds. The van der Waals surface area contributed by atoms with Crippen molar-refractivity contribution in [2.45, 2.75) is 17.7 Å². The molecule has 0 saturated carbocycles. The number of sulfonamides is 1. The van der Waals surface area contributed by atoms with Crippen LogP contribution in [0.5, 0.6) is 5.75 Å². The second-order valence-corrected chi connectivity index (χ2v) is 8.19. The standard InChI is InChI=1S/C19H20FNO4S/c1-25-17-8-4-14(5-9-17)19(22)15-3-2-12-21(13-15)26(23,24)18-10-6-16(20)7-11-18/h4-11,15H,2-3,12-13H2,1H3. The number of carbonyl (C=O) groups excluding carboxylic acids is 1. The molecular weight excluding hydrogens is 357 g/mol. The second kappa shape index (κ2) is 7.55. The van der Waals surface area contributed by atoms with E-state index in [9.17, 15) is 17.6 Å². The van der Waals surface area contributed by atoms with Crippen LogP contribution in [0.15, 0.2) is 53.4 Å². The maximum atomic E-state index is 13.1. The molecule has 138 valence electrons. The predicted molar refractivity (Wildman–Crippen MR) is 95.2 cm³/mol. The number of ether oxygens (including phenoxy) is 1. The first kappa shape index (κ1) is 18.5. The summed E-state index contributed by atoms with van der Waals surface area (Å²) in [4.78, 5) is 12.8. The molecule has 0 bridgehead atoms. The number of hydrogen-bond acceptors (Lipinski definition) is 4. The smallest absolute Gasteiger partial charge is 0.243 e. The molecule has 7 heteroatoms. The number of hydrogen-bond donors (Lipinski definition) is 0. The van der Waals surface area contributed by atoms with E-state index in [4.69, 9.17) is 4.74 Å². The Bertz CT molecular complexity index is 879. The summed E-state index contributed by atoms with van der Waals surface area (Å²) in [6.07, 6.45) is 1.24. The van der Waals surface area contributed by atoms with Gasteiger partial charge in [-0.2, -0.15) is 4.31 Å². The number of ketones is 1.